The molecule has 122 valence electrons. The summed E-state index contributed by atoms with van der Waals surface area (Å²) in [5.41, 5.74) is 4.85. The summed E-state index contributed by atoms with van der Waals surface area (Å²) in [6, 6.07) is 3.33. The molecule has 0 fully saturated rings. The number of nitrogens with two attached hydrogens (primary N) is 1. The largest absolute Gasteiger partial charge is 0.356 e. The molecule has 0 saturated carbocycles. The molecule has 0 radical (unpaired) electrons. The molecule has 1 heterocycles. The first-order valence-corrected chi connectivity index (χ1v) is 8.53. The highest BCUT2D eigenvalue weighted by atomic mass is 35.5. The Morgan fingerprint density at radius 2 is 2.00 bits per heavy atom. The average molecular weight is 356 g/mol. The SMILES string of the molecule is CC(=O)NCCc1ccc(S(=O)(=O)NC(C)(C)CN)s1.Cl. The highest BCUT2D eigenvalue weighted by molar-refractivity contribution is 7.91. The summed E-state index contributed by atoms with van der Waals surface area (Å²) in [7, 11) is -3.55. The van der Waals surface area contributed by atoms with Crippen molar-refractivity contribution in [3.63, 3.8) is 0 Å². The Morgan fingerprint density at radius 3 is 2.52 bits per heavy atom. The van der Waals surface area contributed by atoms with Crippen LogP contribution in [0.15, 0.2) is 16.3 Å². The van der Waals surface area contributed by atoms with Gasteiger partial charge in [-0.05, 0) is 32.4 Å². The van der Waals surface area contributed by atoms with E-state index < -0.39 is 15.6 Å². The minimum Gasteiger partial charge on any atom is -0.356 e. The highest BCUT2D eigenvalue weighted by Crippen LogP contribution is 2.23. The van der Waals surface area contributed by atoms with Crippen molar-refractivity contribution < 1.29 is 13.2 Å². The van der Waals surface area contributed by atoms with E-state index in [0.29, 0.717) is 13.0 Å². The third kappa shape index (κ3) is 6.75. The second kappa shape index (κ2) is 8.09. The molecule has 0 aliphatic heterocycles. The predicted octanol–water partition coefficient (Wildman–Crippen LogP) is 0.864. The van der Waals surface area contributed by atoms with Crippen molar-refractivity contribution in [3.05, 3.63) is 17.0 Å². The number of rotatable bonds is 7. The Hall–Kier alpha value is -0.670. The summed E-state index contributed by atoms with van der Waals surface area (Å²) >= 11 is 1.20. The van der Waals surface area contributed by atoms with Gasteiger partial charge in [-0.2, -0.15) is 0 Å². The van der Waals surface area contributed by atoms with E-state index in [0.717, 1.165) is 4.88 Å². The Labute approximate surface area is 136 Å². The molecule has 0 bridgehead atoms. The molecule has 6 nitrogen and oxygen atoms in total. The number of amides is 1. The second-order valence-electron chi connectivity index (χ2n) is 5.15. The summed E-state index contributed by atoms with van der Waals surface area (Å²) in [4.78, 5) is 11.7. The third-order valence-electron chi connectivity index (χ3n) is 2.57. The molecular formula is C12H22ClN3O3S2. The lowest BCUT2D eigenvalue weighted by Crippen LogP contribution is -2.48. The monoisotopic (exact) mass is 355 g/mol. The zero-order chi connectivity index (χ0) is 15.4. The zero-order valence-electron chi connectivity index (χ0n) is 12.3. The van der Waals surface area contributed by atoms with E-state index >= 15 is 0 Å². The maximum atomic E-state index is 12.2. The first kappa shape index (κ1) is 20.3. The normalized spacial score (nSPS) is 11.8. The summed E-state index contributed by atoms with van der Waals surface area (Å²) in [6.45, 7) is 5.62. The van der Waals surface area contributed by atoms with Gasteiger partial charge in [-0.1, -0.05) is 0 Å². The van der Waals surface area contributed by atoms with Gasteiger partial charge in [0.2, 0.25) is 5.91 Å². The minimum atomic E-state index is -3.55. The van der Waals surface area contributed by atoms with Crippen molar-refractivity contribution in [2.24, 2.45) is 5.73 Å². The highest BCUT2D eigenvalue weighted by Gasteiger charge is 2.26. The number of thiophene rings is 1. The van der Waals surface area contributed by atoms with Gasteiger partial charge < -0.3 is 11.1 Å². The van der Waals surface area contributed by atoms with Crippen molar-refractivity contribution in [3.8, 4) is 0 Å². The number of sulfonamides is 1. The molecule has 0 aromatic carbocycles. The molecule has 0 aliphatic rings. The fraction of sp³-hybridized carbons (Fsp3) is 0.583. The lowest BCUT2D eigenvalue weighted by atomic mass is 10.1. The van der Waals surface area contributed by atoms with Crippen LogP contribution in [0, 0.1) is 0 Å². The number of carbonyl (C=O) groups excluding carboxylic acids is 1. The maximum Gasteiger partial charge on any atom is 0.250 e. The molecule has 0 aliphatic carbocycles. The first-order valence-electron chi connectivity index (χ1n) is 6.23. The number of carbonyl (C=O) groups is 1. The van der Waals surface area contributed by atoms with Crippen LogP contribution in [0.3, 0.4) is 0 Å². The summed E-state index contributed by atoms with van der Waals surface area (Å²) in [6.07, 6.45) is 0.611. The van der Waals surface area contributed by atoms with Gasteiger partial charge in [-0.25, -0.2) is 13.1 Å². The van der Waals surface area contributed by atoms with E-state index in [2.05, 4.69) is 10.0 Å². The van der Waals surface area contributed by atoms with E-state index in [1.54, 1.807) is 26.0 Å². The summed E-state index contributed by atoms with van der Waals surface area (Å²) in [5.74, 6) is -0.0965. The quantitative estimate of drug-likeness (QED) is 0.675. The van der Waals surface area contributed by atoms with Gasteiger partial charge in [0.1, 0.15) is 4.21 Å². The molecule has 4 N–H and O–H groups in total. The van der Waals surface area contributed by atoms with Crippen LogP contribution < -0.4 is 15.8 Å². The van der Waals surface area contributed by atoms with Crippen LogP contribution in [0.4, 0.5) is 0 Å². The minimum absolute atomic E-state index is 0. The van der Waals surface area contributed by atoms with E-state index in [4.69, 9.17) is 5.73 Å². The third-order valence-corrected chi connectivity index (χ3v) is 5.90. The van der Waals surface area contributed by atoms with Crippen molar-refractivity contribution in [1.82, 2.24) is 10.0 Å². The van der Waals surface area contributed by atoms with Crippen LogP contribution in [0.5, 0.6) is 0 Å². The standard InChI is InChI=1S/C12H21N3O3S2.ClH/c1-9(16)14-7-6-10-4-5-11(19-10)20(17,18)15-12(2,3)8-13;/h4-5,15H,6-8,13H2,1-3H3,(H,14,16);1H. The smallest absolute Gasteiger partial charge is 0.250 e. The number of halogens is 1. The van der Waals surface area contributed by atoms with Crippen molar-refractivity contribution in [2.45, 2.75) is 36.9 Å². The molecule has 9 heteroatoms. The number of nitrogens with one attached hydrogen (secondary N) is 2. The van der Waals surface area contributed by atoms with Gasteiger partial charge in [-0.15, -0.1) is 23.7 Å². The maximum absolute atomic E-state index is 12.2. The molecular weight excluding hydrogens is 334 g/mol. The van der Waals surface area contributed by atoms with Crippen molar-refractivity contribution >= 4 is 39.7 Å². The van der Waals surface area contributed by atoms with Crippen LogP contribution in [0.25, 0.3) is 0 Å². The molecule has 21 heavy (non-hydrogen) atoms. The van der Waals surface area contributed by atoms with Crippen LogP contribution in [-0.4, -0.2) is 33.0 Å². The zero-order valence-corrected chi connectivity index (χ0v) is 14.8. The van der Waals surface area contributed by atoms with E-state index in [1.807, 2.05) is 0 Å². The second-order valence-corrected chi connectivity index (χ2v) is 8.22. The number of hydrogen-bond donors (Lipinski definition) is 3. The van der Waals surface area contributed by atoms with Crippen LogP contribution in [0.1, 0.15) is 25.6 Å². The van der Waals surface area contributed by atoms with Crippen LogP contribution >= 0.6 is 23.7 Å². The van der Waals surface area contributed by atoms with E-state index in [-0.39, 0.29) is 29.1 Å². The van der Waals surface area contributed by atoms with E-state index in [1.165, 1.54) is 18.3 Å². The van der Waals surface area contributed by atoms with Crippen LogP contribution in [-0.2, 0) is 21.2 Å². The van der Waals surface area contributed by atoms with Gasteiger partial charge in [0.25, 0.3) is 10.0 Å². The predicted molar refractivity (Wildman–Crippen MR) is 87.4 cm³/mol. The number of hydrogen-bond acceptors (Lipinski definition) is 5. The lowest BCUT2D eigenvalue weighted by Gasteiger charge is -2.23. The van der Waals surface area contributed by atoms with Gasteiger partial charge in [0.15, 0.2) is 0 Å². The Balaban J connectivity index is 0.00000400. The average Bonchev–Trinajstić information content (AvgIpc) is 2.77. The fourth-order valence-corrected chi connectivity index (χ4v) is 4.23. The van der Waals surface area contributed by atoms with E-state index in [9.17, 15) is 13.2 Å². The lowest BCUT2D eigenvalue weighted by molar-refractivity contribution is -0.118. The van der Waals surface area contributed by atoms with Gasteiger partial charge >= 0.3 is 0 Å². The molecule has 1 amide bonds. The van der Waals surface area contributed by atoms with Crippen molar-refractivity contribution in [2.75, 3.05) is 13.1 Å². The molecule has 1 rings (SSSR count). The first-order chi connectivity index (χ1) is 9.16. The van der Waals surface area contributed by atoms with Crippen LogP contribution in [0.2, 0.25) is 0 Å². The molecule has 0 saturated heterocycles. The Bertz CT molecular complexity index is 570. The van der Waals surface area contributed by atoms with Gasteiger partial charge in [0, 0.05) is 30.4 Å². The Morgan fingerprint density at radius 1 is 1.38 bits per heavy atom. The van der Waals surface area contributed by atoms with Crippen molar-refractivity contribution in [1.29, 1.82) is 0 Å². The topological polar surface area (TPSA) is 101 Å². The van der Waals surface area contributed by atoms with Gasteiger partial charge in [-0.3, -0.25) is 4.79 Å². The molecule has 1 aromatic heterocycles. The molecule has 0 unspecified atom stereocenters. The fourth-order valence-electron chi connectivity index (χ4n) is 1.45. The Kier molecular flexibility index (Phi) is 7.83. The molecule has 0 atom stereocenters. The molecule has 0 spiro atoms. The molecule has 1 aromatic rings. The summed E-state index contributed by atoms with van der Waals surface area (Å²) in [5, 5.41) is 2.68. The van der Waals surface area contributed by atoms with Gasteiger partial charge in [0.05, 0.1) is 0 Å². The summed E-state index contributed by atoms with van der Waals surface area (Å²) < 4.78 is 27.2.